The molecule has 2 saturated heterocycles. The molecule has 8 nitrogen and oxygen atoms in total. The molecule has 1 aromatic rings. The van der Waals surface area contributed by atoms with Crippen LogP contribution in [0.2, 0.25) is 18.1 Å². The number of benzene rings is 1. The zero-order chi connectivity index (χ0) is 27.0. The lowest BCUT2D eigenvalue weighted by atomic mass is 9.81. The molecule has 2 N–H and O–H groups in total. The Morgan fingerprint density at radius 3 is 2.47 bits per heavy atom. The number of likely N-dealkylation sites (tertiary alicyclic amines) is 1. The Labute approximate surface area is 226 Å². The summed E-state index contributed by atoms with van der Waals surface area (Å²) < 4.78 is 13.0. The minimum absolute atomic E-state index is 0.000732. The maximum absolute atomic E-state index is 12.9. The van der Waals surface area contributed by atoms with Gasteiger partial charge in [0.15, 0.2) is 8.32 Å². The number of carbonyl (C=O) groups excluding carboxylic acids is 3. The smallest absolute Gasteiger partial charge is 0.240 e. The van der Waals surface area contributed by atoms with E-state index in [9.17, 15) is 14.4 Å². The van der Waals surface area contributed by atoms with Gasteiger partial charge in [-0.3, -0.25) is 19.3 Å². The van der Waals surface area contributed by atoms with E-state index in [1.54, 1.807) is 0 Å². The third-order valence-electron chi connectivity index (χ3n) is 10.2. The van der Waals surface area contributed by atoms with Crippen LogP contribution < -0.4 is 10.6 Å². The molecule has 2 aliphatic carbocycles. The molecule has 5 aliphatic rings. The number of hydrogen-bond acceptors (Lipinski definition) is 6. The summed E-state index contributed by atoms with van der Waals surface area (Å²) in [6.45, 7) is 12.0. The highest BCUT2D eigenvalue weighted by atomic mass is 28.4. The van der Waals surface area contributed by atoms with Crippen molar-refractivity contribution < 1.29 is 23.5 Å². The van der Waals surface area contributed by atoms with Gasteiger partial charge in [0, 0.05) is 24.2 Å². The Balaban J connectivity index is 1.06. The molecule has 4 fully saturated rings. The van der Waals surface area contributed by atoms with Gasteiger partial charge in [-0.2, -0.15) is 0 Å². The lowest BCUT2D eigenvalue weighted by molar-refractivity contribution is -0.144. The highest BCUT2D eigenvalue weighted by molar-refractivity contribution is 6.74. The van der Waals surface area contributed by atoms with Gasteiger partial charge in [-0.15, -0.1) is 0 Å². The van der Waals surface area contributed by atoms with Crippen molar-refractivity contribution in [2.24, 2.45) is 23.7 Å². The van der Waals surface area contributed by atoms with Crippen molar-refractivity contribution in [3.8, 4) is 0 Å². The number of imide groups is 1. The Morgan fingerprint density at radius 1 is 1.13 bits per heavy atom. The van der Waals surface area contributed by atoms with Crippen LogP contribution in [0.25, 0.3) is 0 Å². The molecule has 0 unspecified atom stereocenters. The van der Waals surface area contributed by atoms with Gasteiger partial charge in [-0.25, -0.2) is 0 Å². The van der Waals surface area contributed by atoms with Gasteiger partial charge < -0.3 is 19.8 Å². The number of carbonyl (C=O) groups is 3. The highest BCUT2D eigenvalue weighted by Crippen LogP contribution is 2.56. The van der Waals surface area contributed by atoms with Gasteiger partial charge in [-0.05, 0) is 66.9 Å². The van der Waals surface area contributed by atoms with Gasteiger partial charge >= 0.3 is 0 Å². The number of ether oxygens (including phenoxy) is 1. The summed E-state index contributed by atoms with van der Waals surface area (Å²) in [5.74, 6) is -0.288. The van der Waals surface area contributed by atoms with Crippen molar-refractivity contribution in [3.63, 3.8) is 0 Å². The van der Waals surface area contributed by atoms with E-state index in [4.69, 9.17) is 9.16 Å². The quantitative estimate of drug-likeness (QED) is 0.419. The number of fused-ring (bicyclic) bond motifs is 9. The van der Waals surface area contributed by atoms with E-state index >= 15 is 0 Å². The van der Waals surface area contributed by atoms with Crippen LogP contribution >= 0.6 is 0 Å². The average Bonchev–Trinajstić information content (AvgIpc) is 3.54. The molecule has 3 aliphatic heterocycles. The molecule has 6 rings (SSSR count). The number of nitrogens with zero attached hydrogens (tertiary/aromatic N) is 1. The molecule has 0 radical (unpaired) electrons. The third-order valence-corrected chi connectivity index (χ3v) is 14.7. The van der Waals surface area contributed by atoms with Gasteiger partial charge in [0.1, 0.15) is 6.54 Å². The van der Waals surface area contributed by atoms with Crippen LogP contribution in [0.1, 0.15) is 63.7 Å². The zero-order valence-corrected chi connectivity index (χ0v) is 24.2. The predicted molar refractivity (Wildman–Crippen MR) is 146 cm³/mol. The molecule has 0 aromatic heterocycles. The van der Waals surface area contributed by atoms with Crippen LogP contribution in [0, 0.1) is 23.7 Å². The van der Waals surface area contributed by atoms with Crippen molar-refractivity contribution in [2.75, 3.05) is 18.5 Å². The van der Waals surface area contributed by atoms with Crippen LogP contribution in [-0.2, 0) is 30.1 Å². The van der Waals surface area contributed by atoms with Crippen LogP contribution in [0.4, 0.5) is 5.69 Å². The molecule has 2 saturated carbocycles. The first kappa shape index (κ1) is 26.0. The Bertz CT molecular complexity index is 1140. The Morgan fingerprint density at radius 2 is 1.82 bits per heavy atom. The molecule has 0 spiro atoms. The lowest BCUT2D eigenvalue weighted by Crippen LogP contribution is -2.54. The van der Waals surface area contributed by atoms with Crippen LogP contribution in [0.15, 0.2) is 18.2 Å². The fourth-order valence-corrected chi connectivity index (χ4v) is 8.51. The van der Waals surface area contributed by atoms with E-state index in [-0.39, 0.29) is 59.4 Å². The fraction of sp³-hybridized carbons (Fsp3) is 0.690. The summed E-state index contributed by atoms with van der Waals surface area (Å²) in [6.07, 6.45) is 3.95. The summed E-state index contributed by atoms with van der Waals surface area (Å²) in [5.41, 5.74) is 3.13. The first-order valence-corrected chi connectivity index (χ1v) is 17.1. The van der Waals surface area contributed by atoms with Crippen LogP contribution in [-0.4, -0.2) is 56.2 Å². The summed E-state index contributed by atoms with van der Waals surface area (Å²) in [5, 5.41) is 6.74. The standard InChI is InChI=1S/C29H41N3O5Si/c1-29(2,3)38(4,5)37-23-15-36-22-12-21(23)31-20-9-6-16(10-19(20)22)13-30-24(33)14-32-27(34)25-17-7-8-18(11-17)26(25)28(32)35/h6,9-10,17-18,21-23,25-26,31H,7-8,11-15H2,1-5H3,(H,30,33)/t17-,18+,21-,22-,23+,25+,26-/m0/s1. The molecule has 4 bridgehead atoms. The first-order chi connectivity index (χ1) is 17.9. The summed E-state index contributed by atoms with van der Waals surface area (Å²) >= 11 is 0. The number of anilines is 1. The van der Waals surface area contributed by atoms with Gasteiger partial charge in [0.2, 0.25) is 17.7 Å². The van der Waals surface area contributed by atoms with Crippen LogP contribution in [0.5, 0.6) is 0 Å². The zero-order valence-electron chi connectivity index (χ0n) is 23.2. The molecule has 3 heterocycles. The molecular formula is C29H41N3O5Si. The molecule has 3 amide bonds. The SMILES string of the molecule is CC(C)(C)[Si](C)(C)O[C@@H]1CO[C@H]2C[C@@H]1Nc1ccc(CNC(=O)CN3C(=O)[C@@H]4[C@H]5CC[C@H](C5)[C@@H]4C3=O)cc12. The minimum Gasteiger partial charge on any atom is -0.409 e. The largest absolute Gasteiger partial charge is 0.409 e. The minimum atomic E-state index is -1.91. The maximum atomic E-state index is 12.9. The van der Waals surface area contributed by atoms with E-state index in [1.165, 1.54) is 4.90 Å². The average molecular weight is 540 g/mol. The van der Waals surface area contributed by atoms with Crippen LogP contribution in [0.3, 0.4) is 0 Å². The molecule has 38 heavy (non-hydrogen) atoms. The van der Waals surface area contributed by atoms with Crippen molar-refractivity contribution >= 4 is 31.7 Å². The summed E-state index contributed by atoms with van der Waals surface area (Å²) in [6, 6.07) is 6.36. The highest BCUT2D eigenvalue weighted by Gasteiger charge is 2.61. The van der Waals surface area contributed by atoms with E-state index in [2.05, 4.69) is 56.6 Å². The van der Waals surface area contributed by atoms with Crippen molar-refractivity contribution in [3.05, 3.63) is 29.3 Å². The van der Waals surface area contributed by atoms with Crippen molar-refractivity contribution in [1.29, 1.82) is 0 Å². The number of rotatable bonds is 6. The predicted octanol–water partition coefficient (Wildman–Crippen LogP) is 3.98. The van der Waals surface area contributed by atoms with E-state index < -0.39 is 8.32 Å². The van der Waals surface area contributed by atoms with Gasteiger partial charge in [0.05, 0.1) is 36.7 Å². The topological polar surface area (TPSA) is 97.0 Å². The second kappa shape index (κ2) is 9.17. The second-order valence-corrected chi connectivity index (χ2v) is 18.3. The molecular weight excluding hydrogens is 498 g/mol. The second-order valence-electron chi connectivity index (χ2n) is 13.6. The molecule has 7 atom stereocenters. The number of amides is 3. The Kier molecular flexibility index (Phi) is 6.27. The molecule has 1 aromatic carbocycles. The van der Waals surface area contributed by atoms with Crippen molar-refractivity contribution in [2.45, 2.75) is 89.4 Å². The number of hydrogen-bond donors (Lipinski definition) is 2. The van der Waals surface area contributed by atoms with E-state index in [1.807, 2.05) is 6.07 Å². The summed E-state index contributed by atoms with van der Waals surface area (Å²) in [4.78, 5) is 39.8. The van der Waals surface area contributed by atoms with Gasteiger partial charge in [-0.1, -0.05) is 26.8 Å². The monoisotopic (exact) mass is 539 g/mol. The lowest BCUT2D eigenvalue weighted by Gasteiger charge is -2.47. The normalized spacial score (nSPS) is 33.7. The van der Waals surface area contributed by atoms with Crippen molar-refractivity contribution in [1.82, 2.24) is 10.2 Å². The molecule has 9 heteroatoms. The Hall–Kier alpha value is -2.23. The van der Waals surface area contributed by atoms with E-state index in [0.717, 1.165) is 42.5 Å². The first-order valence-electron chi connectivity index (χ1n) is 14.2. The molecule has 206 valence electrons. The number of nitrogens with one attached hydrogen (secondary N) is 2. The third kappa shape index (κ3) is 4.31. The summed E-state index contributed by atoms with van der Waals surface area (Å²) in [7, 11) is -1.91. The van der Waals surface area contributed by atoms with E-state index in [0.29, 0.717) is 25.0 Å². The van der Waals surface area contributed by atoms with Gasteiger partial charge in [0.25, 0.3) is 0 Å². The maximum Gasteiger partial charge on any atom is 0.240 e. The fourth-order valence-electron chi connectivity index (χ4n) is 7.16.